The van der Waals surface area contributed by atoms with Crippen molar-refractivity contribution in [3.05, 3.63) is 11.4 Å². The van der Waals surface area contributed by atoms with Crippen molar-refractivity contribution < 1.29 is 5.11 Å². The first-order valence-electron chi connectivity index (χ1n) is 6.62. The third-order valence-electron chi connectivity index (χ3n) is 3.84. The quantitative estimate of drug-likeness (QED) is 0.802. The lowest BCUT2D eigenvalue weighted by atomic mass is 9.82. The molecule has 0 radical (unpaired) electrons. The molecule has 1 saturated carbocycles. The summed E-state index contributed by atoms with van der Waals surface area (Å²) in [5.41, 5.74) is 5.50. The molecule has 5 nitrogen and oxygen atoms in total. The number of nitrogens with one attached hydrogen (secondary N) is 1. The van der Waals surface area contributed by atoms with Gasteiger partial charge in [-0.2, -0.15) is 4.98 Å². The number of thiophene rings is 1. The highest BCUT2D eigenvalue weighted by Gasteiger charge is 2.32. The summed E-state index contributed by atoms with van der Waals surface area (Å²) in [6.07, 6.45) is 5.46. The molecule has 0 aromatic carbocycles. The molecule has 19 heavy (non-hydrogen) atoms. The van der Waals surface area contributed by atoms with Crippen LogP contribution in [0.4, 0.5) is 11.8 Å². The molecule has 102 valence electrons. The number of nitrogens with zero attached hydrogens (tertiary/aromatic N) is 2. The maximum atomic E-state index is 9.76. The van der Waals surface area contributed by atoms with Crippen LogP contribution in [-0.2, 0) is 0 Å². The van der Waals surface area contributed by atoms with Gasteiger partial charge < -0.3 is 16.2 Å². The normalized spacial score (nSPS) is 18.6. The van der Waals surface area contributed by atoms with Gasteiger partial charge in [0.25, 0.3) is 0 Å². The van der Waals surface area contributed by atoms with Gasteiger partial charge in [-0.15, -0.1) is 11.3 Å². The fraction of sp³-hybridized carbons (Fsp3) is 0.538. The van der Waals surface area contributed by atoms with Gasteiger partial charge in [-0.3, -0.25) is 0 Å². The lowest BCUT2D eigenvalue weighted by Gasteiger charge is -2.37. The van der Waals surface area contributed by atoms with Crippen molar-refractivity contribution in [1.29, 1.82) is 0 Å². The van der Waals surface area contributed by atoms with E-state index in [-0.39, 0.29) is 18.1 Å². The van der Waals surface area contributed by atoms with Crippen LogP contribution in [0.2, 0.25) is 0 Å². The standard InChI is InChI=1S/C13H18N4OS/c14-12-15-10(9-4-7-19-11(9)16-12)17-13(8-18)5-2-1-3-6-13/h4,7,18H,1-3,5-6,8H2,(H3,14,15,16,17). The SMILES string of the molecule is Nc1nc(NC2(CO)CCCCC2)c2ccsc2n1. The van der Waals surface area contributed by atoms with E-state index in [2.05, 4.69) is 15.3 Å². The monoisotopic (exact) mass is 278 g/mol. The number of aromatic nitrogens is 2. The molecule has 0 amide bonds. The van der Waals surface area contributed by atoms with Crippen molar-refractivity contribution >= 4 is 33.3 Å². The zero-order chi connectivity index (χ0) is 13.3. The molecule has 0 saturated heterocycles. The molecule has 2 aromatic heterocycles. The van der Waals surface area contributed by atoms with E-state index >= 15 is 0 Å². The smallest absolute Gasteiger partial charge is 0.223 e. The molecule has 4 N–H and O–H groups in total. The summed E-state index contributed by atoms with van der Waals surface area (Å²) >= 11 is 1.55. The molecule has 0 atom stereocenters. The summed E-state index contributed by atoms with van der Waals surface area (Å²) in [4.78, 5) is 9.42. The number of nitrogen functional groups attached to an aromatic ring is 1. The van der Waals surface area contributed by atoms with Crippen LogP contribution in [0.25, 0.3) is 10.2 Å². The van der Waals surface area contributed by atoms with E-state index in [1.807, 2.05) is 11.4 Å². The topological polar surface area (TPSA) is 84.1 Å². The van der Waals surface area contributed by atoms with Crippen molar-refractivity contribution in [3.8, 4) is 0 Å². The van der Waals surface area contributed by atoms with Gasteiger partial charge in [-0.05, 0) is 24.3 Å². The second-order valence-corrected chi connectivity index (χ2v) is 6.09. The first-order chi connectivity index (χ1) is 9.22. The fourth-order valence-electron chi connectivity index (χ4n) is 2.77. The fourth-order valence-corrected chi connectivity index (χ4v) is 3.54. The Morgan fingerprint density at radius 3 is 2.84 bits per heavy atom. The highest BCUT2D eigenvalue weighted by atomic mass is 32.1. The van der Waals surface area contributed by atoms with Crippen molar-refractivity contribution in [2.75, 3.05) is 17.7 Å². The van der Waals surface area contributed by atoms with Crippen molar-refractivity contribution in [2.45, 2.75) is 37.6 Å². The first-order valence-corrected chi connectivity index (χ1v) is 7.50. The van der Waals surface area contributed by atoms with Gasteiger partial charge in [0.2, 0.25) is 5.95 Å². The van der Waals surface area contributed by atoms with Crippen molar-refractivity contribution in [1.82, 2.24) is 9.97 Å². The van der Waals surface area contributed by atoms with Crippen molar-refractivity contribution in [2.24, 2.45) is 0 Å². The second-order valence-electron chi connectivity index (χ2n) is 5.19. The van der Waals surface area contributed by atoms with Crippen LogP contribution in [0.1, 0.15) is 32.1 Å². The molecule has 1 aliphatic carbocycles. The molecule has 0 aliphatic heterocycles. The molecule has 2 heterocycles. The molecule has 1 fully saturated rings. The summed E-state index contributed by atoms with van der Waals surface area (Å²) in [5, 5.41) is 16.2. The average molecular weight is 278 g/mol. The minimum atomic E-state index is -0.256. The van der Waals surface area contributed by atoms with Crippen LogP contribution in [-0.4, -0.2) is 27.2 Å². The lowest BCUT2D eigenvalue weighted by molar-refractivity contribution is 0.172. The summed E-state index contributed by atoms with van der Waals surface area (Å²) < 4.78 is 0. The predicted molar refractivity (Wildman–Crippen MR) is 78.4 cm³/mol. The Bertz CT molecular complexity index is 577. The third-order valence-corrected chi connectivity index (χ3v) is 4.65. The van der Waals surface area contributed by atoms with Gasteiger partial charge in [-0.1, -0.05) is 19.3 Å². The lowest BCUT2D eigenvalue weighted by Crippen LogP contribution is -2.44. The van der Waals surface area contributed by atoms with Crippen LogP contribution in [0.3, 0.4) is 0 Å². The molecular formula is C13H18N4OS. The van der Waals surface area contributed by atoms with E-state index in [4.69, 9.17) is 5.73 Å². The van der Waals surface area contributed by atoms with E-state index in [1.165, 1.54) is 6.42 Å². The Kier molecular flexibility index (Phi) is 3.28. The molecule has 0 spiro atoms. The zero-order valence-corrected chi connectivity index (χ0v) is 11.5. The maximum absolute atomic E-state index is 9.76. The van der Waals surface area contributed by atoms with Gasteiger partial charge in [0.05, 0.1) is 17.5 Å². The molecule has 1 aliphatic rings. The minimum absolute atomic E-state index is 0.128. The Labute approximate surface area is 115 Å². The number of hydrogen-bond donors (Lipinski definition) is 3. The summed E-state index contributed by atoms with van der Waals surface area (Å²) in [5.74, 6) is 1.03. The van der Waals surface area contributed by atoms with Gasteiger partial charge >= 0.3 is 0 Å². The summed E-state index contributed by atoms with van der Waals surface area (Å²) in [6, 6.07) is 2.00. The highest BCUT2D eigenvalue weighted by Crippen LogP contribution is 2.34. The maximum Gasteiger partial charge on any atom is 0.223 e. The molecular weight excluding hydrogens is 260 g/mol. The zero-order valence-electron chi connectivity index (χ0n) is 10.7. The minimum Gasteiger partial charge on any atom is -0.394 e. The molecule has 2 aromatic rings. The van der Waals surface area contributed by atoms with Crippen molar-refractivity contribution in [3.63, 3.8) is 0 Å². The number of nitrogens with two attached hydrogens (primary N) is 1. The predicted octanol–water partition coefficient (Wildman–Crippen LogP) is 2.38. The van der Waals surface area contributed by atoms with E-state index in [0.717, 1.165) is 41.7 Å². The second kappa shape index (κ2) is 4.94. The Morgan fingerprint density at radius 2 is 2.11 bits per heavy atom. The molecule has 3 rings (SSSR count). The van der Waals surface area contributed by atoms with Gasteiger partial charge in [0.15, 0.2) is 0 Å². The van der Waals surface area contributed by atoms with Gasteiger partial charge in [0, 0.05) is 0 Å². The van der Waals surface area contributed by atoms with Crippen LogP contribution >= 0.6 is 11.3 Å². The summed E-state index contributed by atoms with van der Waals surface area (Å²) in [7, 11) is 0. The Balaban J connectivity index is 1.97. The van der Waals surface area contributed by atoms with Crippen LogP contribution < -0.4 is 11.1 Å². The number of aliphatic hydroxyl groups excluding tert-OH is 1. The largest absolute Gasteiger partial charge is 0.394 e. The Morgan fingerprint density at radius 1 is 1.32 bits per heavy atom. The number of hydrogen-bond acceptors (Lipinski definition) is 6. The van der Waals surface area contributed by atoms with Gasteiger partial charge in [-0.25, -0.2) is 4.98 Å². The Hall–Kier alpha value is -1.40. The van der Waals surface area contributed by atoms with Crippen LogP contribution in [0, 0.1) is 0 Å². The average Bonchev–Trinajstić information content (AvgIpc) is 2.88. The third kappa shape index (κ3) is 2.37. The van der Waals surface area contributed by atoms with E-state index in [0.29, 0.717) is 0 Å². The van der Waals surface area contributed by atoms with Crippen LogP contribution in [0.5, 0.6) is 0 Å². The number of anilines is 2. The van der Waals surface area contributed by atoms with Gasteiger partial charge in [0.1, 0.15) is 10.6 Å². The highest BCUT2D eigenvalue weighted by molar-refractivity contribution is 7.16. The van der Waals surface area contributed by atoms with E-state index in [1.54, 1.807) is 11.3 Å². The van der Waals surface area contributed by atoms with E-state index in [9.17, 15) is 5.11 Å². The number of rotatable bonds is 3. The summed E-state index contributed by atoms with van der Waals surface area (Å²) in [6.45, 7) is 0.128. The number of aliphatic hydroxyl groups is 1. The molecule has 0 bridgehead atoms. The molecule has 0 unspecified atom stereocenters. The number of fused-ring (bicyclic) bond motifs is 1. The first kappa shape index (κ1) is 12.6. The van der Waals surface area contributed by atoms with E-state index < -0.39 is 0 Å². The van der Waals surface area contributed by atoms with Crippen LogP contribution in [0.15, 0.2) is 11.4 Å². The molecule has 6 heteroatoms.